The Labute approximate surface area is 146 Å². The fourth-order valence-corrected chi connectivity index (χ4v) is 3.59. The fraction of sp³-hybridized carbons (Fsp3) is 0.300. The number of rotatable bonds is 4. The molecule has 1 atom stereocenters. The lowest BCUT2D eigenvalue weighted by Crippen LogP contribution is -2.28. The molecule has 1 aliphatic heterocycles. The summed E-state index contributed by atoms with van der Waals surface area (Å²) in [5.41, 5.74) is 3.36. The molecule has 3 aromatic rings. The molecule has 4 rings (SSSR count). The van der Waals surface area contributed by atoms with E-state index in [0.29, 0.717) is 18.3 Å². The van der Waals surface area contributed by atoms with Crippen molar-refractivity contribution in [3.05, 3.63) is 70.1 Å². The number of nitrogens with one attached hydrogen (secondary N) is 1. The predicted octanol–water partition coefficient (Wildman–Crippen LogP) is 3.27. The van der Waals surface area contributed by atoms with Crippen LogP contribution in [0.15, 0.2) is 53.3 Å². The van der Waals surface area contributed by atoms with Crippen molar-refractivity contribution in [3.8, 4) is 5.75 Å². The SMILES string of the molecule is COc1ccc([C@@H]2CCCN2Cc2nc3ccccc3[nH]c2=O)cc1. The Morgan fingerprint density at radius 1 is 1.20 bits per heavy atom. The van der Waals surface area contributed by atoms with E-state index < -0.39 is 0 Å². The van der Waals surface area contributed by atoms with Gasteiger partial charge in [-0.05, 0) is 49.2 Å². The third-order valence-electron chi connectivity index (χ3n) is 4.89. The molecule has 1 saturated heterocycles. The van der Waals surface area contributed by atoms with Gasteiger partial charge in [-0.3, -0.25) is 9.69 Å². The van der Waals surface area contributed by atoms with Gasteiger partial charge in [-0.1, -0.05) is 24.3 Å². The van der Waals surface area contributed by atoms with Gasteiger partial charge in [0, 0.05) is 12.6 Å². The number of aromatic nitrogens is 2. The topological polar surface area (TPSA) is 58.2 Å². The molecule has 5 heteroatoms. The minimum Gasteiger partial charge on any atom is -0.497 e. The number of H-pyrrole nitrogens is 1. The van der Waals surface area contributed by atoms with E-state index in [2.05, 4.69) is 27.0 Å². The van der Waals surface area contributed by atoms with Crippen molar-refractivity contribution in [2.75, 3.05) is 13.7 Å². The van der Waals surface area contributed by atoms with Gasteiger partial charge in [0.05, 0.1) is 18.1 Å². The molecule has 2 heterocycles. The summed E-state index contributed by atoms with van der Waals surface area (Å²) in [5.74, 6) is 0.862. The van der Waals surface area contributed by atoms with E-state index in [1.54, 1.807) is 7.11 Å². The van der Waals surface area contributed by atoms with Gasteiger partial charge in [0.25, 0.3) is 5.56 Å². The Morgan fingerprint density at radius 3 is 2.80 bits per heavy atom. The summed E-state index contributed by atoms with van der Waals surface area (Å²) in [6, 6.07) is 16.2. The third-order valence-corrected chi connectivity index (χ3v) is 4.89. The lowest BCUT2D eigenvalue weighted by molar-refractivity contribution is 0.244. The number of hydrogen-bond acceptors (Lipinski definition) is 4. The minimum absolute atomic E-state index is 0.0981. The summed E-state index contributed by atoms with van der Waals surface area (Å²) in [5, 5.41) is 0. The van der Waals surface area contributed by atoms with Gasteiger partial charge in [0.2, 0.25) is 0 Å². The molecule has 0 aliphatic carbocycles. The number of methoxy groups -OCH3 is 1. The highest BCUT2D eigenvalue weighted by Crippen LogP contribution is 2.33. The zero-order chi connectivity index (χ0) is 17.2. The molecule has 0 amide bonds. The highest BCUT2D eigenvalue weighted by atomic mass is 16.5. The van der Waals surface area contributed by atoms with E-state index in [9.17, 15) is 4.79 Å². The summed E-state index contributed by atoms with van der Waals surface area (Å²) in [6.45, 7) is 1.54. The summed E-state index contributed by atoms with van der Waals surface area (Å²) >= 11 is 0. The standard InChI is InChI=1S/C20H21N3O2/c1-25-15-10-8-14(9-11-15)19-7-4-12-23(19)13-18-20(24)22-17-6-3-2-5-16(17)21-18/h2-3,5-6,8-11,19H,4,7,12-13H2,1H3,(H,22,24)/t19-/m0/s1. The molecule has 128 valence electrons. The molecule has 0 bridgehead atoms. The zero-order valence-electron chi connectivity index (χ0n) is 14.2. The van der Waals surface area contributed by atoms with Gasteiger partial charge in [0.15, 0.2) is 0 Å². The van der Waals surface area contributed by atoms with Crippen molar-refractivity contribution < 1.29 is 4.74 Å². The minimum atomic E-state index is -0.0981. The van der Waals surface area contributed by atoms with Gasteiger partial charge < -0.3 is 9.72 Å². The van der Waals surface area contributed by atoms with Crippen LogP contribution in [0.25, 0.3) is 11.0 Å². The van der Waals surface area contributed by atoms with Gasteiger partial charge in [-0.15, -0.1) is 0 Å². The van der Waals surface area contributed by atoms with Gasteiger partial charge in [-0.2, -0.15) is 0 Å². The summed E-state index contributed by atoms with van der Waals surface area (Å²) in [6.07, 6.45) is 2.22. The molecule has 1 aromatic heterocycles. The molecule has 0 radical (unpaired) electrons. The maximum absolute atomic E-state index is 12.4. The molecular weight excluding hydrogens is 314 g/mol. The van der Waals surface area contributed by atoms with Crippen LogP contribution in [0.4, 0.5) is 0 Å². The number of para-hydroxylation sites is 2. The van der Waals surface area contributed by atoms with Crippen molar-refractivity contribution >= 4 is 11.0 Å². The van der Waals surface area contributed by atoms with Crippen LogP contribution in [0.2, 0.25) is 0 Å². The Balaban J connectivity index is 1.60. The summed E-state index contributed by atoms with van der Waals surface area (Å²) in [7, 11) is 1.68. The normalized spacial score (nSPS) is 17.9. The molecular formula is C20H21N3O2. The Hall–Kier alpha value is -2.66. The van der Waals surface area contributed by atoms with E-state index in [4.69, 9.17) is 4.74 Å². The molecule has 1 N–H and O–H groups in total. The predicted molar refractivity (Wildman–Crippen MR) is 97.7 cm³/mol. The van der Waals surface area contributed by atoms with Crippen LogP contribution in [0.3, 0.4) is 0 Å². The first-order valence-electron chi connectivity index (χ1n) is 8.60. The van der Waals surface area contributed by atoms with E-state index in [-0.39, 0.29) is 5.56 Å². The average Bonchev–Trinajstić information content (AvgIpc) is 3.10. The lowest BCUT2D eigenvalue weighted by Gasteiger charge is -2.24. The number of likely N-dealkylation sites (tertiary alicyclic amines) is 1. The number of fused-ring (bicyclic) bond motifs is 1. The second kappa shape index (κ2) is 6.69. The first-order valence-corrected chi connectivity index (χ1v) is 8.60. The highest BCUT2D eigenvalue weighted by Gasteiger charge is 2.27. The number of hydrogen-bond donors (Lipinski definition) is 1. The molecule has 5 nitrogen and oxygen atoms in total. The van der Waals surface area contributed by atoms with Crippen LogP contribution < -0.4 is 10.3 Å². The molecule has 1 fully saturated rings. The van der Waals surface area contributed by atoms with Crippen molar-refractivity contribution in [1.29, 1.82) is 0 Å². The van der Waals surface area contributed by atoms with Gasteiger partial charge >= 0.3 is 0 Å². The number of nitrogens with zero attached hydrogens (tertiary/aromatic N) is 2. The highest BCUT2D eigenvalue weighted by molar-refractivity contribution is 5.73. The van der Waals surface area contributed by atoms with Crippen LogP contribution in [-0.2, 0) is 6.54 Å². The molecule has 2 aromatic carbocycles. The number of aromatic amines is 1. The van der Waals surface area contributed by atoms with Crippen molar-refractivity contribution in [1.82, 2.24) is 14.9 Å². The van der Waals surface area contributed by atoms with E-state index in [1.165, 1.54) is 5.56 Å². The maximum atomic E-state index is 12.4. The molecule has 0 spiro atoms. The van der Waals surface area contributed by atoms with Gasteiger partial charge in [0.1, 0.15) is 11.4 Å². The van der Waals surface area contributed by atoms with Crippen LogP contribution in [0.5, 0.6) is 5.75 Å². The summed E-state index contributed by atoms with van der Waals surface area (Å²) < 4.78 is 5.24. The second-order valence-electron chi connectivity index (χ2n) is 6.43. The first kappa shape index (κ1) is 15.8. The second-order valence-corrected chi connectivity index (χ2v) is 6.43. The first-order chi connectivity index (χ1) is 12.2. The fourth-order valence-electron chi connectivity index (χ4n) is 3.59. The van der Waals surface area contributed by atoms with E-state index in [0.717, 1.165) is 36.2 Å². The molecule has 25 heavy (non-hydrogen) atoms. The quantitative estimate of drug-likeness (QED) is 0.795. The van der Waals surface area contributed by atoms with E-state index in [1.807, 2.05) is 36.4 Å². The average molecular weight is 335 g/mol. The third kappa shape index (κ3) is 3.15. The molecule has 0 unspecified atom stereocenters. The number of benzene rings is 2. The van der Waals surface area contributed by atoms with Crippen LogP contribution >= 0.6 is 0 Å². The van der Waals surface area contributed by atoms with Crippen molar-refractivity contribution in [2.24, 2.45) is 0 Å². The van der Waals surface area contributed by atoms with Crippen LogP contribution in [0, 0.1) is 0 Å². The lowest BCUT2D eigenvalue weighted by atomic mass is 10.0. The summed E-state index contributed by atoms with van der Waals surface area (Å²) in [4.78, 5) is 22.3. The van der Waals surface area contributed by atoms with Crippen LogP contribution in [0.1, 0.15) is 30.1 Å². The Morgan fingerprint density at radius 2 is 2.00 bits per heavy atom. The molecule has 0 saturated carbocycles. The van der Waals surface area contributed by atoms with Crippen LogP contribution in [-0.4, -0.2) is 28.5 Å². The van der Waals surface area contributed by atoms with Gasteiger partial charge in [-0.25, -0.2) is 4.98 Å². The van der Waals surface area contributed by atoms with Crippen molar-refractivity contribution in [3.63, 3.8) is 0 Å². The monoisotopic (exact) mass is 335 g/mol. The van der Waals surface area contributed by atoms with E-state index >= 15 is 0 Å². The zero-order valence-corrected chi connectivity index (χ0v) is 14.2. The number of ether oxygens (including phenoxy) is 1. The Bertz CT molecular complexity index is 934. The largest absolute Gasteiger partial charge is 0.497 e. The smallest absolute Gasteiger partial charge is 0.271 e. The Kier molecular flexibility index (Phi) is 4.24. The maximum Gasteiger partial charge on any atom is 0.271 e. The molecule has 1 aliphatic rings. The van der Waals surface area contributed by atoms with Crippen molar-refractivity contribution in [2.45, 2.75) is 25.4 Å².